The number of carboxylic acid groups (broad SMARTS) is 1. The Hall–Kier alpha value is -2.63. The van der Waals surface area contributed by atoms with Crippen molar-refractivity contribution in [3.63, 3.8) is 0 Å². The quantitative estimate of drug-likeness (QED) is 0.813. The van der Waals surface area contributed by atoms with Crippen LogP contribution in [0.5, 0.6) is 0 Å². The second-order valence-corrected chi connectivity index (χ2v) is 5.91. The number of rotatable bonds is 5. The highest BCUT2D eigenvalue weighted by atomic mass is 16.4. The number of para-hydroxylation sites is 1. The molecule has 6 heteroatoms. The molecule has 0 bridgehead atoms. The van der Waals surface area contributed by atoms with Crippen LogP contribution in [-0.2, 0) is 9.59 Å². The predicted molar refractivity (Wildman–Crippen MR) is 90.8 cm³/mol. The Balaban J connectivity index is 2.13. The number of nitrogens with zero attached hydrogens (tertiary/aromatic N) is 1. The van der Waals surface area contributed by atoms with Gasteiger partial charge in [-0.05, 0) is 25.0 Å². The Kier molecular flexibility index (Phi) is 6.12. The van der Waals surface area contributed by atoms with E-state index in [9.17, 15) is 14.4 Å². The summed E-state index contributed by atoms with van der Waals surface area (Å²) in [5.41, 5.74) is 0.785. The smallest absolute Gasteiger partial charge is 0.328 e. The number of hydrogen-bond acceptors (Lipinski definition) is 3. The van der Waals surface area contributed by atoms with Gasteiger partial charge in [-0.1, -0.05) is 31.4 Å². The molecule has 0 saturated heterocycles. The molecule has 1 aliphatic rings. The van der Waals surface area contributed by atoms with Gasteiger partial charge in [0, 0.05) is 25.2 Å². The molecule has 0 aromatic heterocycles. The van der Waals surface area contributed by atoms with E-state index >= 15 is 0 Å². The molecule has 6 nitrogen and oxygen atoms in total. The first kappa shape index (κ1) is 17.7. The zero-order chi connectivity index (χ0) is 17.5. The Bertz CT molecular complexity index is 648. The summed E-state index contributed by atoms with van der Waals surface area (Å²) in [6.45, 7) is 0. The fraction of sp³-hybridized carbons (Fsp3) is 0.389. The Labute approximate surface area is 141 Å². The van der Waals surface area contributed by atoms with E-state index in [1.807, 2.05) is 0 Å². The van der Waals surface area contributed by atoms with Crippen molar-refractivity contribution in [1.82, 2.24) is 4.90 Å². The molecule has 1 saturated carbocycles. The van der Waals surface area contributed by atoms with Crippen molar-refractivity contribution in [2.45, 2.75) is 38.1 Å². The highest BCUT2D eigenvalue weighted by Crippen LogP contribution is 2.25. The molecule has 24 heavy (non-hydrogen) atoms. The number of amides is 2. The van der Waals surface area contributed by atoms with Crippen molar-refractivity contribution in [2.24, 2.45) is 0 Å². The maximum absolute atomic E-state index is 12.8. The van der Waals surface area contributed by atoms with Gasteiger partial charge in [-0.25, -0.2) is 4.79 Å². The molecule has 128 valence electrons. The van der Waals surface area contributed by atoms with Crippen LogP contribution in [0, 0.1) is 0 Å². The molecule has 1 fully saturated rings. The fourth-order valence-corrected chi connectivity index (χ4v) is 2.92. The van der Waals surface area contributed by atoms with E-state index < -0.39 is 11.9 Å². The van der Waals surface area contributed by atoms with Crippen LogP contribution in [0.1, 0.15) is 42.5 Å². The molecule has 0 atom stereocenters. The molecule has 0 aliphatic heterocycles. The molecule has 1 aliphatic carbocycles. The maximum Gasteiger partial charge on any atom is 0.328 e. The summed E-state index contributed by atoms with van der Waals surface area (Å²) in [6.07, 6.45) is 7.14. The lowest BCUT2D eigenvalue weighted by Gasteiger charge is -2.31. The van der Waals surface area contributed by atoms with Gasteiger partial charge in [-0.3, -0.25) is 9.59 Å². The van der Waals surface area contributed by atoms with Gasteiger partial charge >= 0.3 is 5.97 Å². The van der Waals surface area contributed by atoms with Crippen molar-refractivity contribution in [3.8, 4) is 0 Å². The van der Waals surface area contributed by atoms with Crippen molar-refractivity contribution < 1.29 is 19.5 Å². The summed E-state index contributed by atoms with van der Waals surface area (Å²) in [7, 11) is 1.79. The van der Waals surface area contributed by atoms with E-state index in [0.29, 0.717) is 11.3 Å². The number of hydrogen-bond donors (Lipinski definition) is 2. The third-order valence-corrected chi connectivity index (χ3v) is 4.24. The van der Waals surface area contributed by atoms with E-state index in [4.69, 9.17) is 5.11 Å². The minimum absolute atomic E-state index is 0.139. The van der Waals surface area contributed by atoms with E-state index in [-0.39, 0.29) is 11.9 Å². The number of carboxylic acids is 1. The van der Waals surface area contributed by atoms with Crippen molar-refractivity contribution in [3.05, 3.63) is 42.0 Å². The zero-order valence-corrected chi connectivity index (χ0v) is 13.7. The molecule has 1 aromatic carbocycles. The predicted octanol–water partition coefficient (Wildman–Crippen LogP) is 2.67. The molecular weight excluding hydrogens is 308 g/mol. The first-order valence-corrected chi connectivity index (χ1v) is 8.07. The highest BCUT2D eigenvalue weighted by Gasteiger charge is 2.24. The SMILES string of the molecule is CN(C(=O)c1ccccc1NC(=O)C=CC(=O)O)C1CCCCC1. The molecule has 1 aromatic rings. The minimum atomic E-state index is -1.20. The number of carbonyl (C=O) groups excluding carboxylic acids is 2. The lowest BCUT2D eigenvalue weighted by Crippen LogP contribution is -2.38. The van der Waals surface area contributed by atoms with Crippen LogP contribution in [0.4, 0.5) is 5.69 Å². The topological polar surface area (TPSA) is 86.7 Å². The Morgan fingerprint density at radius 3 is 2.46 bits per heavy atom. The van der Waals surface area contributed by atoms with E-state index in [1.165, 1.54) is 6.42 Å². The molecule has 2 N–H and O–H groups in total. The second kappa shape index (κ2) is 8.29. The normalized spacial score (nSPS) is 15.2. The summed E-state index contributed by atoms with van der Waals surface area (Å²) in [5.74, 6) is -1.93. The lowest BCUT2D eigenvalue weighted by atomic mass is 9.94. The number of benzene rings is 1. The van der Waals surface area contributed by atoms with Gasteiger partial charge in [0.05, 0.1) is 11.3 Å². The molecule has 2 amide bonds. The van der Waals surface area contributed by atoms with Crippen molar-refractivity contribution >= 4 is 23.5 Å². The summed E-state index contributed by atoms with van der Waals surface area (Å²) in [6, 6.07) is 6.98. The Morgan fingerprint density at radius 2 is 1.79 bits per heavy atom. The van der Waals surface area contributed by atoms with Crippen LogP contribution in [0.25, 0.3) is 0 Å². The molecular formula is C18H22N2O4. The van der Waals surface area contributed by atoms with Crippen molar-refractivity contribution in [1.29, 1.82) is 0 Å². The second-order valence-electron chi connectivity index (χ2n) is 5.91. The van der Waals surface area contributed by atoms with Crippen LogP contribution in [0.3, 0.4) is 0 Å². The standard InChI is InChI=1S/C18H22N2O4/c1-20(13-7-3-2-4-8-13)18(24)14-9-5-6-10-15(14)19-16(21)11-12-17(22)23/h5-6,9-13H,2-4,7-8H2,1H3,(H,19,21)(H,22,23). The zero-order valence-electron chi connectivity index (χ0n) is 13.7. The fourth-order valence-electron chi connectivity index (χ4n) is 2.92. The summed E-state index contributed by atoms with van der Waals surface area (Å²) in [5, 5.41) is 11.1. The highest BCUT2D eigenvalue weighted by molar-refractivity contribution is 6.07. The number of nitrogens with one attached hydrogen (secondary N) is 1. The van der Waals surface area contributed by atoms with Gasteiger partial charge in [-0.2, -0.15) is 0 Å². The van der Waals surface area contributed by atoms with Crippen LogP contribution in [0.2, 0.25) is 0 Å². The summed E-state index contributed by atoms with van der Waals surface area (Å²) in [4.78, 5) is 36.8. The summed E-state index contributed by atoms with van der Waals surface area (Å²) < 4.78 is 0. The van der Waals surface area contributed by atoms with E-state index in [2.05, 4.69) is 5.32 Å². The first-order chi connectivity index (χ1) is 11.5. The third-order valence-electron chi connectivity index (χ3n) is 4.24. The maximum atomic E-state index is 12.8. The van der Waals surface area contributed by atoms with Crippen LogP contribution < -0.4 is 5.32 Å². The van der Waals surface area contributed by atoms with E-state index in [1.54, 1.807) is 36.2 Å². The van der Waals surface area contributed by atoms with E-state index in [0.717, 1.165) is 37.8 Å². The largest absolute Gasteiger partial charge is 0.478 e. The molecule has 0 spiro atoms. The van der Waals surface area contributed by atoms with Gasteiger partial charge in [-0.15, -0.1) is 0 Å². The molecule has 0 radical (unpaired) electrons. The summed E-state index contributed by atoms with van der Waals surface area (Å²) >= 11 is 0. The first-order valence-electron chi connectivity index (χ1n) is 8.07. The number of aliphatic carboxylic acids is 1. The monoisotopic (exact) mass is 330 g/mol. The minimum Gasteiger partial charge on any atom is -0.478 e. The molecule has 0 unspecified atom stereocenters. The van der Waals surface area contributed by atoms with Crippen molar-refractivity contribution in [2.75, 3.05) is 12.4 Å². The van der Waals surface area contributed by atoms with Gasteiger partial charge in [0.1, 0.15) is 0 Å². The van der Waals surface area contributed by atoms with Crippen LogP contribution in [0.15, 0.2) is 36.4 Å². The van der Waals surface area contributed by atoms with Gasteiger partial charge in [0.2, 0.25) is 5.91 Å². The molecule has 0 heterocycles. The number of carbonyl (C=O) groups is 3. The molecule has 2 rings (SSSR count). The Morgan fingerprint density at radius 1 is 1.12 bits per heavy atom. The lowest BCUT2D eigenvalue weighted by molar-refractivity contribution is -0.131. The van der Waals surface area contributed by atoms with Gasteiger partial charge in [0.25, 0.3) is 5.91 Å². The number of anilines is 1. The average molecular weight is 330 g/mol. The van der Waals surface area contributed by atoms with Gasteiger partial charge < -0.3 is 15.3 Å². The van der Waals surface area contributed by atoms with Crippen LogP contribution >= 0.6 is 0 Å². The van der Waals surface area contributed by atoms with Gasteiger partial charge in [0.15, 0.2) is 0 Å². The average Bonchev–Trinajstić information content (AvgIpc) is 2.60. The third kappa shape index (κ3) is 4.68. The van der Waals surface area contributed by atoms with Crippen LogP contribution in [-0.4, -0.2) is 40.9 Å².